The van der Waals surface area contributed by atoms with Crippen LogP contribution in [-0.2, 0) is 0 Å². The Balaban J connectivity index is 2.10. The molecule has 2 aromatic carbocycles. The molecule has 0 radical (unpaired) electrons. The molecule has 2 rings (SSSR count). The largest absolute Gasteiger partial charge is 0.293 e. The van der Waals surface area contributed by atoms with Crippen LogP contribution in [0.2, 0.25) is 5.02 Å². The standard InChI is InChI=1S/C14H9BrClFOS/c15-10-5-3-4-9(14(10)17)12(18)8-19-13-7-2-1-6-11(13)16/h1-7H,8H2. The van der Waals surface area contributed by atoms with E-state index in [0.717, 1.165) is 4.90 Å². The summed E-state index contributed by atoms with van der Waals surface area (Å²) in [6, 6.07) is 11.9. The SMILES string of the molecule is O=C(CSc1ccccc1Cl)c1cccc(Br)c1F. The van der Waals surface area contributed by atoms with Crippen molar-refractivity contribution < 1.29 is 9.18 Å². The highest BCUT2D eigenvalue weighted by molar-refractivity contribution is 9.10. The summed E-state index contributed by atoms with van der Waals surface area (Å²) in [5.41, 5.74) is 0.0916. The van der Waals surface area contributed by atoms with E-state index in [-0.39, 0.29) is 17.1 Å². The molecule has 19 heavy (non-hydrogen) atoms. The number of halogens is 3. The van der Waals surface area contributed by atoms with Crippen LogP contribution < -0.4 is 0 Å². The zero-order valence-corrected chi connectivity index (χ0v) is 12.9. The van der Waals surface area contributed by atoms with Crippen molar-refractivity contribution in [2.24, 2.45) is 0 Å². The van der Waals surface area contributed by atoms with Crippen molar-refractivity contribution >= 4 is 45.1 Å². The lowest BCUT2D eigenvalue weighted by molar-refractivity contribution is 0.101. The summed E-state index contributed by atoms with van der Waals surface area (Å²) in [4.78, 5) is 12.8. The Morgan fingerprint density at radius 3 is 2.68 bits per heavy atom. The molecule has 0 spiro atoms. The van der Waals surface area contributed by atoms with Crippen LogP contribution in [0.25, 0.3) is 0 Å². The molecule has 0 amide bonds. The maximum Gasteiger partial charge on any atom is 0.176 e. The second kappa shape index (κ2) is 6.55. The van der Waals surface area contributed by atoms with Crippen LogP contribution in [-0.4, -0.2) is 11.5 Å². The highest BCUT2D eigenvalue weighted by Crippen LogP contribution is 2.28. The number of thioether (sulfide) groups is 1. The molecule has 0 heterocycles. The summed E-state index contributed by atoms with van der Waals surface area (Å²) in [5, 5.41) is 0.593. The lowest BCUT2D eigenvalue weighted by Crippen LogP contribution is -2.05. The Morgan fingerprint density at radius 2 is 1.95 bits per heavy atom. The van der Waals surface area contributed by atoms with Crippen molar-refractivity contribution in [3.8, 4) is 0 Å². The average molecular weight is 360 g/mol. The zero-order chi connectivity index (χ0) is 13.8. The van der Waals surface area contributed by atoms with E-state index in [4.69, 9.17) is 11.6 Å². The van der Waals surface area contributed by atoms with E-state index in [1.165, 1.54) is 17.8 Å². The van der Waals surface area contributed by atoms with Crippen LogP contribution in [0, 0.1) is 5.82 Å². The van der Waals surface area contributed by atoms with Gasteiger partial charge in [0.15, 0.2) is 5.78 Å². The first-order valence-electron chi connectivity index (χ1n) is 5.44. The number of carbonyl (C=O) groups is 1. The molecule has 0 saturated carbocycles. The van der Waals surface area contributed by atoms with Gasteiger partial charge in [-0.2, -0.15) is 0 Å². The Hall–Kier alpha value is -0.840. The van der Waals surface area contributed by atoms with E-state index in [0.29, 0.717) is 9.50 Å². The van der Waals surface area contributed by atoms with Crippen molar-refractivity contribution in [3.05, 3.63) is 63.3 Å². The summed E-state index contributed by atoms with van der Waals surface area (Å²) >= 11 is 10.4. The quantitative estimate of drug-likeness (QED) is 0.550. The van der Waals surface area contributed by atoms with Crippen molar-refractivity contribution in [3.63, 3.8) is 0 Å². The molecule has 0 unspecified atom stereocenters. The molecule has 0 saturated heterocycles. The van der Waals surface area contributed by atoms with E-state index in [1.807, 2.05) is 18.2 Å². The van der Waals surface area contributed by atoms with Gasteiger partial charge in [0.1, 0.15) is 5.82 Å². The summed E-state index contributed by atoms with van der Waals surface area (Å²) < 4.78 is 14.0. The zero-order valence-electron chi connectivity index (χ0n) is 9.70. The van der Waals surface area contributed by atoms with Gasteiger partial charge >= 0.3 is 0 Å². The van der Waals surface area contributed by atoms with Crippen molar-refractivity contribution in [1.82, 2.24) is 0 Å². The molecule has 0 bridgehead atoms. The summed E-state index contributed by atoms with van der Waals surface area (Å²) in [6.45, 7) is 0. The van der Waals surface area contributed by atoms with Crippen molar-refractivity contribution in [2.45, 2.75) is 4.90 Å². The van der Waals surface area contributed by atoms with E-state index in [2.05, 4.69) is 15.9 Å². The molecule has 0 fully saturated rings. The van der Waals surface area contributed by atoms with Gasteiger partial charge in [0, 0.05) is 4.90 Å². The number of rotatable bonds is 4. The number of Topliss-reactive ketones (excluding diaryl/α,β-unsaturated/α-hetero) is 1. The Labute approximate surface area is 128 Å². The van der Waals surface area contributed by atoms with Gasteiger partial charge < -0.3 is 0 Å². The van der Waals surface area contributed by atoms with Gasteiger partial charge in [0.25, 0.3) is 0 Å². The Kier molecular flexibility index (Phi) is 5.02. The van der Waals surface area contributed by atoms with Gasteiger partial charge in [-0.25, -0.2) is 4.39 Å². The third-order valence-electron chi connectivity index (χ3n) is 2.45. The van der Waals surface area contributed by atoms with Crippen LogP contribution in [0.3, 0.4) is 0 Å². The number of hydrogen-bond donors (Lipinski definition) is 0. The molecule has 0 atom stereocenters. The van der Waals surface area contributed by atoms with Gasteiger partial charge in [0.05, 0.1) is 20.8 Å². The highest BCUT2D eigenvalue weighted by Gasteiger charge is 2.14. The molecule has 1 nitrogen and oxygen atoms in total. The van der Waals surface area contributed by atoms with Crippen LogP contribution in [0.1, 0.15) is 10.4 Å². The molecule has 0 aliphatic carbocycles. The third-order valence-corrected chi connectivity index (χ3v) is 4.58. The predicted octanol–water partition coefficient (Wildman–Crippen LogP) is 5.22. The summed E-state index contributed by atoms with van der Waals surface area (Å²) in [7, 11) is 0. The van der Waals surface area contributed by atoms with E-state index >= 15 is 0 Å². The topological polar surface area (TPSA) is 17.1 Å². The smallest absolute Gasteiger partial charge is 0.176 e. The van der Waals surface area contributed by atoms with Gasteiger partial charge in [-0.15, -0.1) is 11.8 Å². The van der Waals surface area contributed by atoms with Crippen LogP contribution >= 0.6 is 39.3 Å². The first-order valence-corrected chi connectivity index (χ1v) is 7.60. The molecule has 5 heteroatoms. The Morgan fingerprint density at radius 1 is 1.21 bits per heavy atom. The molecule has 0 aliphatic heterocycles. The molecular weight excluding hydrogens is 351 g/mol. The van der Waals surface area contributed by atoms with E-state index < -0.39 is 5.82 Å². The van der Waals surface area contributed by atoms with E-state index in [9.17, 15) is 9.18 Å². The summed E-state index contributed by atoms with van der Waals surface area (Å²) in [5.74, 6) is -0.632. The normalized spacial score (nSPS) is 10.5. The lowest BCUT2D eigenvalue weighted by Gasteiger charge is -2.05. The van der Waals surface area contributed by atoms with Gasteiger partial charge in [-0.3, -0.25) is 4.79 Å². The second-order valence-corrected chi connectivity index (χ2v) is 6.02. The third kappa shape index (κ3) is 3.59. The fourth-order valence-corrected chi connectivity index (χ4v) is 2.99. The second-order valence-electron chi connectivity index (χ2n) is 3.74. The number of benzene rings is 2. The Bertz CT molecular complexity index is 618. The highest BCUT2D eigenvalue weighted by atomic mass is 79.9. The first-order chi connectivity index (χ1) is 9.09. The average Bonchev–Trinajstić information content (AvgIpc) is 2.40. The van der Waals surface area contributed by atoms with Crippen LogP contribution in [0.5, 0.6) is 0 Å². The number of hydrogen-bond acceptors (Lipinski definition) is 2. The molecule has 0 aromatic heterocycles. The van der Waals surface area contributed by atoms with Crippen molar-refractivity contribution in [2.75, 3.05) is 5.75 Å². The maximum atomic E-state index is 13.8. The maximum absolute atomic E-state index is 13.8. The number of ketones is 1. The molecule has 2 aromatic rings. The van der Waals surface area contributed by atoms with Gasteiger partial charge in [-0.1, -0.05) is 29.8 Å². The minimum Gasteiger partial charge on any atom is -0.293 e. The van der Waals surface area contributed by atoms with Crippen LogP contribution in [0.15, 0.2) is 51.8 Å². The fourth-order valence-electron chi connectivity index (χ4n) is 1.50. The van der Waals surface area contributed by atoms with Gasteiger partial charge in [0.2, 0.25) is 0 Å². The number of carbonyl (C=O) groups excluding carboxylic acids is 1. The van der Waals surface area contributed by atoms with Crippen LogP contribution in [0.4, 0.5) is 4.39 Å². The fraction of sp³-hybridized carbons (Fsp3) is 0.0714. The van der Waals surface area contributed by atoms with Crippen molar-refractivity contribution in [1.29, 1.82) is 0 Å². The monoisotopic (exact) mass is 358 g/mol. The lowest BCUT2D eigenvalue weighted by atomic mass is 10.1. The molecule has 0 N–H and O–H groups in total. The van der Waals surface area contributed by atoms with Gasteiger partial charge in [-0.05, 0) is 40.2 Å². The summed E-state index contributed by atoms with van der Waals surface area (Å²) in [6.07, 6.45) is 0. The van der Waals surface area contributed by atoms with E-state index in [1.54, 1.807) is 18.2 Å². The molecular formula is C14H9BrClFOS. The minimum absolute atomic E-state index is 0.0916. The molecule has 0 aliphatic rings. The predicted molar refractivity (Wildman–Crippen MR) is 80.6 cm³/mol. The molecule has 98 valence electrons. The first kappa shape index (κ1) is 14.6. The minimum atomic E-state index is -0.521.